The van der Waals surface area contributed by atoms with Crippen molar-refractivity contribution in [1.29, 1.82) is 0 Å². The lowest BCUT2D eigenvalue weighted by molar-refractivity contribution is -0.115. The van der Waals surface area contributed by atoms with Crippen molar-refractivity contribution in [3.05, 3.63) is 71.8 Å². The molecular formula is C23H23BrN4OS2. The summed E-state index contributed by atoms with van der Waals surface area (Å²) in [5, 5.41) is 12.5. The number of thioether (sulfide) groups is 1. The molecule has 2 aliphatic rings. The molecule has 4 atom stereocenters. The number of nitrogens with one attached hydrogen (secondary N) is 1. The average Bonchev–Trinajstić information content (AvgIpc) is 3.42. The maximum Gasteiger partial charge on any atom is 0.230 e. The summed E-state index contributed by atoms with van der Waals surface area (Å²) < 4.78 is 0.923. The number of benzene rings is 2. The van der Waals surface area contributed by atoms with Gasteiger partial charge in [0, 0.05) is 29.2 Å². The smallest absolute Gasteiger partial charge is 0.230 e. The van der Waals surface area contributed by atoms with Crippen LogP contribution in [0.25, 0.3) is 0 Å². The van der Waals surface area contributed by atoms with Gasteiger partial charge in [-0.15, -0.1) is 10.2 Å². The fourth-order valence-corrected chi connectivity index (χ4v) is 8.33. The third-order valence-electron chi connectivity index (χ3n) is 5.92. The standard InChI is InChI=1S/C23H23BrN4OS2/c24-20-17-12-18(21(20)28(14-17)13-16-9-5-2-6-10-16)30-23-27-26-22(31-23)25-19(29)11-15-7-3-1-4-8-15/h1-10,17-18,20-21H,11-14H2,(H,25,26,29)/t17-,18+,20+,21-/m0/s1. The third-order valence-corrected chi connectivity index (χ3v) is 9.44. The number of piperidine rings is 1. The van der Waals surface area contributed by atoms with Crippen LogP contribution >= 0.6 is 39.0 Å². The van der Waals surface area contributed by atoms with Crippen LogP contribution in [0.5, 0.6) is 0 Å². The van der Waals surface area contributed by atoms with Crippen molar-refractivity contribution in [2.75, 3.05) is 11.9 Å². The molecule has 5 nitrogen and oxygen atoms in total. The van der Waals surface area contributed by atoms with Gasteiger partial charge in [0.05, 0.1) is 6.42 Å². The maximum atomic E-state index is 12.3. The van der Waals surface area contributed by atoms with Crippen LogP contribution < -0.4 is 5.32 Å². The Morgan fingerprint density at radius 2 is 1.81 bits per heavy atom. The molecule has 1 saturated carbocycles. The number of hydrogen-bond acceptors (Lipinski definition) is 6. The zero-order valence-corrected chi connectivity index (χ0v) is 20.1. The number of hydrogen-bond donors (Lipinski definition) is 1. The highest BCUT2D eigenvalue weighted by atomic mass is 79.9. The second kappa shape index (κ2) is 9.40. The first-order valence-electron chi connectivity index (χ1n) is 10.4. The molecule has 31 heavy (non-hydrogen) atoms. The molecule has 8 heteroatoms. The van der Waals surface area contributed by atoms with E-state index in [4.69, 9.17) is 0 Å². The van der Waals surface area contributed by atoms with Crippen molar-refractivity contribution in [3.63, 3.8) is 0 Å². The summed E-state index contributed by atoms with van der Waals surface area (Å²) in [7, 11) is 0. The maximum absolute atomic E-state index is 12.3. The van der Waals surface area contributed by atoms with Crippen molar-refractivity contribution in [2.45, 2.75) is 39.8 Å². The summed E-state index contributed by atoms with van der Waals surface area (Å²) >= 11 is 7.24. The van der Waals surface area contributed by atoms with Gasteiger partial charge in [0.25, 0.3) is 0 Å². The van der Waals surface area contributed by atoms with Gasteiger partial charge < -0.3 is 5.32 Å². The number of likely N-dealkylation sites (tertiary alicyclic amines) is 1. The quantitative estimate of drug-likeness (QED) is 0.360. The van der Waals surface area contributed by atoms with Gasteiger partial charge in [-0.25, -0.2) is 0 Å². The van der Waals surface area contributed by atoms with E-state index in [1.165, 1.54) is 23.3 Å². The monoisotopic (exact) mass is 514 g/mol. The van der Waals surface area contributed by atoms with Crippen LogP contribution in [0.2, 0.25) is 0 Å². The van der Waals surface area contributed by atoms with Gasteiger partial charge in [-0.3, -0.25) is 9.69 Å². The number of rotatable bonds is 7. The van der Waals surface area contributed by atoms with Gasteiger partial charge in [-0.05, 0) is 23.5 Å². The number of halogens is 1. The Morgan fingerprint density at radius 1 is 1.10 bits per heavy atom. The van der Waals surface area contributed by atoms with Crippen LogP contribution in [0.1, 0.15) is 17.5 Å². The predicted molar refractivity (Wildman–Crippen MR) is 130 cm³/mol. The van der Waals surface area contributed by atoms with Crippen molar-refractivity contribution < 1.29 is 4.79 Å². The zero-order valence-electron chi connectivity index (χ0n) is 16.9. The van der Waals surface area contributed by atoms with Crippen molar-refractivity contribution >= 4 is 50.1 Å². The highest BCUT2D eigenvalue weighted by molar-refractivity contribution is 9.09. The molecule has 0 unspecified atom stereocenters. The molecule has 2 aromatic carbocycles. The van der Waals surface area contributed by atoms with Gasteiger partial charge in [0.15, 0.2) is 4.34 Å². The second-order valence-corrected chi connectivity index (χ2v) is 11.6. The molecule has 160 valence electrons. The van der Waals surface area contributed by atoms with Crippen LogP contribution in [0, 0.1) is 5.92 Å². The molecule has 0 radical (unpaired) electrons. The Bertz CT molecular complexity index is 1030. The third kappa shape index (κ3) is 4.87. The lowest BCUT2D eigenvalue weighted by Crippen LogP contribution is -2.40. The van der Waals surface area contributed by atoms with Crippen molar-refractivity contribution in [1.82, 2.24) is 15.1 Å². The molecule has 5 rings (SSSR count). The second-order valence-electron chi connectivity index (χ2n) is 8.09. The fraction of sp³-hybridized carbons (Fsp3) is 0.348. The Hall–Kier alpha value is -1.74. The molecule has 0 spiro atoms. The molecule has 1 N–H and O–H groups in total. The van der Waals surface area contributed by atoms with Gasteiger partial charge in [-0.2, -0.15) is 0 Å². The molecule has 1 saturated heterocycles. The number of aromatic nitrogens is 2. The van der Waals surface area contributed by atoms with Gasteiger partial charge in [0.2, 0.25) is 11.0 Å². The SMILES string of the molecule is O=C(Cc1ccccc1)Nc1nnc(S[C@@H]2C[C@H]3CN(Cc4ccccc4)[C@@H]2[C@@H]3Br)s1. The molecule has 1 aliphatic carbocycles. The molecule has 1 amide bonds. The van der Waals surface area contributed by atoms with Crippen LogP contribution in [0.4, 0.5) is 5.13 Å². The van der Waals surface area contributed by atoms with E-state index < -0.39 is 0 Å². The molecule has 2 heterocycles. The molecule has 2 bridgehead atoms. The van der Waals surface area contributed by atoms with Crippen LogP contribution in [-0.4, -0.2) is 43.7 Å². The first-order chi connectivity index (χ1) is 15.2. The lowest BCUT2D eigenvalue weighted by Gasteiger charge is -2.32. The Morgan fingerprint density at radius 3 is 2.52 bits per heavy atom. The Balaban J connectivity index is 1.19. The van der Waals surface area contributed by atoms with E-state index in [2.05, 4.69) is 66.7 Å². The summed E-state index contributed by atoms with van der Waals surface area (Å²) in [6, 6.07) is 20.9. The fourth-order valence-electron chi connectivity index (χ4n) is 4.57. The number of nitrogens with zero attached hydrogens (tertiary/aromatic N) is 3. The summed E-state index contributed by atoms with van der Waals surface area (Å²) in [6.45, 7) is 2.13. The largest absolute Gasteiger partial charge is 0.300 e. The zero-order chi connectivity index (χ0) is 21.2. The average molecular weight is 516 g/mol. The highest BCUT2D eigenvalue weighted by Gasteiger charge is 2.51. The van der Waals surface area contributed by atoms with E-state index in [-0.39, 0.29) is 5.91 Å². The number of anilines is 1. The van der Waals surface area contributed by atoms with Gasteiger partial charge >= 0.3 is 0 Å². The summed E-state index contributed by atoms with van der Waals surface area (Å²) in [5.41, 5.74) is 2.35. The van der Waals surface area contributed by atoms with Gasteiger partial charge in [0.1, 0.15) is 0 Å². The number of fused-ring (bicyclic) bond motifs is 2. The van der Waals surface area contributed by atoms with Crippen LogP contribution in [0.15, 0.2) is 65.0 Å². The lowest BCUT2D eigenvalue weighted by atomic mass is 10.1. The molecule has 1 aromatic heterocycles. The van der Waals surface area contributed by atoms with E-state index in [0.29, 0.717) is 33.6 Å². The molecular weight excluding hydrogens is 492 g/mol. The predicted octanol–water partition coefficient (Wildman–Crippen LogP) is 4.85. The Kier molecular flexibility index (Phi) is 6.41. The van der Waals surface area contributed by atoms with Gasteiger partial charge in [-0.1, -0.05) is 99.7 Å². The van der Waals surface area contributed by atoms with Crippen molar-refractivity contribution in [3.8, 4) is 0 Å². The number of carbonyl (C=O) groups is 1. The molecule has 3 aromatic rings. The summed E-state index contributed by atoms with van der Waals surface area (Å²) in [6.07, 6.45) is 1.53. The highest BCUT2D eigenvalue weighted by Crippen LogP contribution is 2.49. The summed E-state index contributed by atoms with van der Waals surface area (Å²) in [5.74, 6) is 0.609. The molecule has 1 aliphatic heterocycles. The minimum absolute atomic E-state index is 0.0617. The van der Waals surface area contributed by atoms with E-state index >= 15 is 0 Å². The van der Waals surface area contributed by atoms with E-state index in [1.54, 1.807) is 11.8 Å². The number of alkyl halides is 1. The molecule has 2 fully saturated rings. The van der Waals surface area contributed by atoms with E-state index in [1.807, 2.05) is 30.3 Å². The normalized spacial score (nSPS) is 25.1. The topological polar surface area (TPSA) is 58.1 Å². The van der Waals surface area contributed by atoms with Crippen LogP contribution in [0.3, 0.4) is 0 Å². The summed E-state index contributed by atoms with van der Waals surface area (Å²) in [4.78, 5) is 15.4. The van der Waals surface area contributed by atoms with Crippen LogP contribution in [-0.2, 0) is 17.8 Å². The first kappa shape index (κ1) is 21.1. The number of amides is 1. The van der Waals surface area contributed by atoms with E-state index in [0.717, 1.165) is 23.0 Å². The minimum Gasteiger partial charge on any atom is -0.300 e. The minimum atomic E-state index is -0.0617. The van der Waals surface area contributed by atoms with E-state index in [9.17, 15) is 4.79 Å². The first-order valence-corrected chi connectivity index (χ1v) is 13.0. The number of carbonyl (C=O) groups excluding carboxylic acids is 1. The Labute approximate surface area is 198 Å². The van der Waals surface area contributed by atoms with Crippen molar-refractivity contribution in [2.24, 2.45) is 5.92 Å².